The zero-order valence-electron chi connectivity index (χ0n) is 8.24. The topological polar surface area (TPSA) is 63.3 Å². The summed E-state index contributed by atoms with van der Waals surface area (Å²) in [4.78, 5) is 14.7. The van der Waals surface area contributed by atoms with Gasteiger partial charge >= 0.3 is 5.97 Å². The van der Waals surface area contributed by atoms with Crippen molar-refractivity contribution in [3.05, 3.63) is 29.8 Å². The Labute approximate surface area is 89.7 Å². The van der Waals surface area contributed by atoms with E-state index in [4.69, 9.17) is 9.52 Å². The van der Waals surface area contributed by atoms with Crippen LogP contribution in [0.4, 0.5) is 4.39 Å². The van der Waals surface area contributed by atoms with E-state index in [9.17, 15) is 9.18 Å². The van der Waals surface area contributed by atoms with E-state index in [0.29, 0.717) is 18.2 Å². The second-order valence-electron chi connectivity index (χ2n) is 3.99. The Bertz CT molecular complexity index is 586. The number of nitrogens with zero attached hydrogens (tertiary/aromatic N) is 1. The average Bonchev–Trinajstić information content (AvgIpc) is 2.85. The van der Waals surface area contributed by atoms with Gasteiger partial charge in [-0.25, -0.2) is 9.18 Å². The molecule has 1 fully saturated rings. The van der Waals surface area contributed by atoms with Gasteiger partial charge in [-0.1, -0.05) is 0 Å². The van der Waals surface area contributed by atoms with Crippen molar-refractivity contribution in [3.63, 3.8) is 0 Å². The van der Waals surface area contributed by atoms with Crippen molar-refractivity contribution >= 4 is 16.9 Å². The summed E-state index contributed by atoms with van der Waals surface area (Å²) in [6.45, 7) is 0. The molecule has 1 aliphatic carbocycles. The number of alkyl halides is 1. The van der Waals surface area contributed by atoms with Crippen LogP contribution in [0, 0.1) is 0 Å². The van der Waals surface area contributed by atoms with Gasteiger partial charge < -0.3 is 9.52 Å². The number of carboxylic acids is 1. The lowest BCUT2D eigenvalue weighted by atomic mass is 10.2. The van der Waals surface area contributed by atoms with Gasteiger partial charge in [-0.05, 0) is 18.9 Å². The number of hydrogen-bond acceptors (Lipinski definition) is 3. The number of pyridine rings is 1. The maximum atomic E-state index is 13.7. The molecule has 2 aromatic heterocycles. The molecule has 0 atom stereocenters. The van der Waals surface area contributed by atoms with Gasteiger partial charge in [0.2, 0.25) is 0 Å². The van der Waals surface area contributed by atoms with Crippen LogP contribution in [-0.2, 0) is 5.67 Å². The standard InChI is InChI=1S/C11H8FNO3/c12-11(1-2-11)8-3-6-4-13-5-7(10(14)15)9(6)16-8/h3-5H,1-2H2,(H,14,15). The number of carbonyl (C=O) groups is 1. The Hall–Kier alpha value is -1.91. The van der Waals surface area contributed by atoms with Crippen LogP contribution in [-0.4, -0.2) is 16.1 Å². The van der Waals surface area contributed by atoms with E-state index in [-0.39, 0.29) is 16.9 Å². The normalized spacial score (nSPS) is 17.6. The van der Waals surface area contributed by atoms with E-state index in [2.05, 4.69) is 4.98 Å². The lowest BCUT2D eigenvalue weighted by Gasteiger charge is -1.97. The first-order valence-corrected chi connectivity index (χ1v) is 4.90. The molecule has 5 heteroatoms. The minimum absolute atomic E-state index is 0.0343. The molecule has 0 radical (unpaired) electrons. The van der Waals surface area contributed by atoms with Gasteiger partial charge in [0.1, 0.15) is 11.3 Å². The molecule has 0 amide bonds. The highest BCUT2D eigenvalue weighted by molar-refractivity contribution is 6.00. The lowest BCUT2D eigenvalue weighted by molar-refractivity contribution is 0.0697. The van der Waals surface area contributed by atoms with Crippen LogP contribution in [0.5, 0.6) is 0 Å². The largest absolute Gasteiger partial charge is 0.477 e. The molecule has 0 spiro atoms. The Morgan fingerprint density at radius 1 is 1.50 bits per heavy atom. The van der Waals surface area contributed by atoms with E-state index < -0.39 is 11.6 Å². The number of furan rings is 1. The monoisotopic (exact) mass is 221 g/mol. The van der Waals surface area contributed by atoms with Crippen molar-refractivity contribution < 1.29 is 18.7 Å². The van der Waals surface area contributed by atoms with Gasteiger partial charge in [0.15, 0.2) is 11.3 Å². The quantitative estimate of drug-likeness (QED) is 0.846. The van der Waals surface area contributed by atoms with E-state index in [1.54, 1.807) is 0 Å². The van der Waals surface area contributed by atoms with Crippen LogP contribution in [0.15, 0.2) is 22.9 Å². The third-order valence-electron chi connectivity index (χ3n) is 2.78. The highest BCUT2D eigenvalue weighted by Crippen LogP contribution is 2.50. The molecule has 0 aromatic carbocycles. The van der Waals surface area contributed by atoms with Crippen LogP contribution in [0.2, 0.25) is 0 Å². The lowest BCUT2D eigenvalue weighted by Crippen LogP contribution is -1.97. The Kier molecular flexibility index (Phi) is 1.64. The molecule has 0 unspecified atom stereocenters. The predicted molar refractivity (Wildman–Crippen MR) is 53.0 cm³/mol. The molecule has 0 bridgehead atoms. The number of aromatic nitrogens is 1. The molecule has 4 nitrogen and oxygen atoms in total. The zero-order valence-corrected chi connectivity index (χ0v) is 8.24. The molecule has 1 N–H and O–H groups in total. The fourth-order valence-electron chi connectivity index (χ4n) is 1.69. The van der Waals surface area contributed by atoms with Gasteiger partial charge in [-0.2, -0.15) is 0 Å². The van der Waals surface area contributed by atoms with Crippen molar-refractivity contribution in [2.75, 3.05) is 0 Å². The summed E-state index contributed by atoms with van der Waals surface area (Å²) in [5.74, 6) is -0.916. The second-order valence-corrected chi connectivity index (χ2v) is 3.99. The summed E-state index contributed by atoms with van der Waals surface area (Å²) in [7, 11) is 0. The van der Waals surface area contributed by atoms with E-state index >= 15 is 0 Å². The maximum Gasteiger partial charge on any atom is 0.341 e. The smallest absolute Gasteiger partial charge is 0.341 e. The third-order valence-corrected chi connectivity index (χ3v) is 2.78. The van der Waals surface area contributed by atoms with E-state index in [0.717, 1.165) is 0 Å². The number of hydrogen-bond donors (Lipinski definition) is 1. The second kappa shape index (κ2) is 2.81. The first-order valence-electron chi connectivity index (χ1n) is 4.90. The summed E-state index contributed by atoms with van der Waals surface area (Å²) in [5, 5.41) is 9.44. The van der Waals surface area contributed by atoms with Crippen LogP contribution in [0.1, 0.15) is 29.0 Å². The van der Waals surface area contributed by atoms with Crippen LogP contribution < -0.4 is 0 Å². The molecular formula is C11H8FNO3. The molecule has 82 valence electrons. The number of fused-ring (bicyclic) bond motifs is 1. The minimum atomic E-state index is -1.39. The highest BCUT2D eigenvalue weighted by atomic mass is 19.1. The number of carboxylic acid groups (broad SMARTS) is 1. The highest BCUT2D eigenvalue weighted by Gasteiger charge is 2.48. The van der Waals surface area contributed by atoms with Crippen molar-refractivity contribution in [3.8, 4) is 0 Å². The molecule has 1 saturated carbocycles. The molecule has 2 heterocycles. The summed E-state index contributed by atoms with van der Waals surface area (Å²) in [6.07, 6.45) is 3.54. The zero-order chi connectivity index (χ0) is 11.3. The molecule has 0 aliphatic heterocycles. The van der Waals surface area contributed by atoms with Gasteiger partial charge in [-0.3, -0.25) is 4.98 Å². The maximum absolute atomic E-state index is 13.7. The van der Waals surface area contributed by atoms with E-state index in [1.807, 2.05) is 0 Å². The first-order chi connectivity index (χ1) is 7.60. The summed E-state index contributed by atoms with van der Waals surface area (Å²) >= 11 is 0. The molecule has 1 aliphatic rings. The van der Waals surface area contributed by atoms with Crippen molar-refractivity contribution in [1.29, 1.82) is 0 Å². The van der Waals surface area contributed by atoms with E-state index in [1.165, 1.54) is 18.5 Å². The van der Waals surface area contributed by atoms with Crippen molar-refractivity contribution in [2.24, 2.45) is 0 Å². The number of halogens is 1. The Morgan fingerprint density at radius 2 is 2.25 bits per heavy atom. The van der Waals surface area contributed by atoms with Crippen LogP contribution in [0.25, 0.3) is 11.0 Å². The van der Waals surface area contributed by atoms with Crippen LogP contribution >= 0.6 is 0 Å². The predicted octanol–water partition coefficient (Wildman–Crippen LogP) is 2.48. The molecular weight excluding hydrogens is 213 g/mol. The molecule has 0 saturated heterocycles. The first kappa shape index (κ1) is 9.33. The molecule has 2 aromatic rings. The van der Waals surface area contributed by atoms with Crippen molar-refractivity contribution in [1.82, 2.24) is 4.98 Å². The Balaban J connectivity index is 2.24. The minimum Gasteiger partial charge on any atom is -0.477 e. The van der Waals surface area contributed by atoms with Crippen molar-refractivity contribution in [2.45, 2.75) is 18.5 Å². The van der Waals surface area contributed by atoms with Gasteiger partial charge in [0.25, 0.3) is 0 Å². The average molecular weight is 221 g/mol. The SMILES string of the molecule is O=C(O)c1cncc2cc(C3(F)CC3)oc12. The summed E-state index contributed by atoms with van der Waals surface area (Å²) in [6, 6.07) is 1.53. The third kappa shape index (κ3) is 1.21. The van der Waals surface area contributed by atoms with Crippen LogP contribution in [0.3, 0.4) is 0 Å². The number of rotatable bonds is 2. The number of aromatic carboxylic acids is 1. The van der Waals surface area contributed by atoms with Gasteiger partial charge in [0.05, 0.1) is 0 Å². The Morgan fingerprint density at radius 3 is 2.88 bits per heavy atom. The molecule has 16 heavy (non-hydrogen) atoms. The summed E-state index contributed by atoms with van der Waals surface area (Å²) in [5.41, 5.74) is -1.23. The molecule has 3 rings (SSSR count). The van der Waals surface area contributed by atoms with Gasteiger partial charge in [-0.15, -0.1) is 0 Å². The fraction of sp³-hybridized carbons (Fsp3) is 0.273. The fourth-order valence-corrected chi connectivity index (χ4v) is 1.69. The summed E-state index contributed by atoms with van der Waals surface area (Å²) < 4.78 is 19.0. The van der Waals surface area contributed by atoms with Gasteiger partial charge in [0, 0.05) is 17.8 Å².